The van der Waals surface area contributed by atoms with Crippen LogP contribution in [0.5, 0.6) is 0 Å². The first kappa shape index (κ1) is 19.0. The third-order valence-corrected chi connectivity index (χ3v) is 5.26. The van der Waals surface area contributed by atoms with Crippen LogP contribution in [0.4, 0.5) is 0 Å². The molecule has 1 saturated heterocycles. The van der Waals surface area contributed by atoms with Gasteiger partial charge in [-0.25, -0.2) is 4.79 Å². The first-order valence-corrected chi connectivity index (χ1v) is 9.08. The molecule has 7 heteroatoms. The summed E-state index contributed by atoms with van der Waals surface area (Å²) < 4.78 is 10.5. The summed E-state index contributed by atoms with van der Waals surface area (Å²) in [5, 5.41) is 0.800. The van der Waals surface area contributed by atoms with Gasteiger partial charge in [-0.2, -0.15) is 0 Å². The Morgan fingerprint density at radius 3 is 2.65 bits per heavy atom. The number of allylic oxidation sites excluding steroid dienone is 1. The number of ether oxygens (including phenoxy) is 2. The fraction of sp³-hybridized carbons (Fsp3) is 0.368. The summed E-state index contributed by atoms with van der Waals surface area (Å²) in [6.07, 6.45) is 3.38. The summed E-state index contributed by atoms with van der Waals surface area (Å²) in [5.74, 6) is -0.852. The Hall–Kier alpha value is -1.82. The van der Waals surface area contributed by atoms with Crippen molar-refractivity contribution in [2.75, 3.05) is 20.3 Å². The number of benzene rings is 1. The Bertz CT molecular complexity index is 790. The fourth-order valence-electron chi connectivity index (χ4n) is 3.23. The van der Waals surface area contributed by atoms with Gasteiger partial charge in [0.05, 0.1) is 30.9 Å². The standard InChI is InChI=1S/C19H19Cl2NO4/c1-11-17(19(24)25-2)14(9-13-15(20)6-3-7-16(13)21)18(23)22(11)10-12-5-4-8-26-12/h3,6-7,9,12H,4-5,8,10H2,1-2H3. The summed E-state index contributed by atoms with van der Waals surface area (Å²) in [5.41, 5.74) is 1.49. The maximum absolute atomic E-state index is 13.0. The quantitative estimate of drug-likeness (QED) is 0.573. The highest BCUT2D eigenvalue weighted by Crippen LogP contribution is 2.35. The molecule has 5 nitrogen and oxygen atoms in total. The zero-order valence-corrected chi connectivity index (χ0v) is 16.1. The minimum Gasteiger partial charge on any atom is -0.465 e. The summed E-state index contributed by atoms with van der Waals surface area (Å²) >= 11 is 12.4. The van der Waals surface area contributed by atoms with Crippen molar-refractivity contribution in [1.82, 2.24) is 4.90 Å². The van der Waals surface area contributed by atoms with Crippen LogP contribution in [0.25, 0.3) is 6.08 Å². The monoisotopic (exact) mass is 395 g/mol. The van der Waals surface area contributed by atoms with Crippen LogP contribution in [0.15, 0.2) is 35.0 Å². The highest BCUT2D eigenvalue weighted by molar-refractivity contribution is 6.37. The van der Waals surface area contributed by atoms with Crippen LogP contribution in [0.2, 0.25) is 10.0 Å². The molecule has 0 bridgehead atoms. The second-order valence-electron chi connectivity index (χ2n) is 6.20. The maximum atomic E-state index is 13.0. The number of carbonyl (C=O) groups is 2. The summed E-state index contributed by atoms with van der Waals surface area (Å²) in [4.78, 5) is 26.9. The molecule has 1 unspecified atom stereocenters. The Balaban J connectivity index is 2.04. The van der Waals surface area contributed by atoms with E-state index in [1.54, 1.807) is 36.1 Å². The molecule has 26 heavy (non-hydrogen) atoms. The van der Waals surface area contributed by atoms with E-state index in [4.69, 9.17) is 32.7 Å². The van der Waals surface area contributed by atoms with Gasteiger partial charge in [-0.1, -0.05) is 29.3 Å². The number of nitrogens with zero attached hydrogens (tertiary/aromatic N) is 1. The molecule has 1 fully saturated rings. The van der Waals surface area contributed by atoms with E-state index in [0.717, 1.165) is 12.8 Å². The average molecular weight is 396 g/mol. The largest absolute Gasteiger partial charge is 0.465 e. The van der Waals surface area contributed by atoms with Gasteiger partial charge in [-0.05, 0) is 38.0 Å². The van der Waals surface area contributed by atoms with Crippen molar-refractivity contribution >= 4 is 41.2 Å². The van der Waals surface area contributed by atoms with Crippen LogP contribution < -0.4 is 0 Å². The second kappa shape index (κ2) is 7.82. The van der Waals surface area contributed by atoms with Crippen molar-refractivity contribution in [3.8, 4) is 0 Å². The minimum absolute atomic E-state index is 0.0314. The van der Waals surface area contributed by atoms with E-state index in [-0.39, 0.29) is 23.2 Å². The van der Waals surface area contributed by atoms with Crippen molar-refractivity contribution in [1.29, 1.82) is 0 Å². The van der Waals surface area contributed by atoms with E-state index in [1.807, 2.05) is 0 Å². The minimum atomic E-state index is -0.569. The van der Waals surface area contributed by atoms with Crippen LogP contribution in [0.1, 0.15) is 25.3 Å². The van der Waals surface area contributed by atoms with E-state index in [1.165, 1.54) is 7.11 Å². The first-order chi connectivity index (χ1) is 12.4. The van der Waals surface area contributed by atoms with E-state index in [0.29, 0.717) is 34.5 Å². The highest BCUT2D eigenvalue weighted by Gasteiger charge is 2.38. The van der Waals surface area contributed by atoms with Crippen LogP contribution in [0, 0.1) is 0 Å². The molecule has 0 radical (unpaired) electrons. The van der Waals surface area contributed by atoms with Crippen LogP contribution in [-0.4, -0.2) is 43.1 Å². The van der Waals surface area contributed by atoms with Crippen LogP contribution in [0.3, 0.4) is 0 Å². The SMILES string of the molecule is COC(=O)C1=C(C)N(CC2CCCO2)C(=O)C1=Cc1c(Cl)cccc1Cl. The van der Waals surface area contributed by atoms with Gasteiger partial charge in [0.1, 0.15) is 0 Å². The Morgan fingerprint density at radius 2 is 2.08 bits per heavy atom. The normalized spacial score (nSPS) is 21.8. The van der Waals surface area contributed by atoms with Gasteiger partial charge >= 0.3 is 5.97 Å². The van der Waals surface area contributed by atoms with Crippen LogP contribution >= 0.6 is 23.2 Å². The summed E-state index contributed by atoms with van der Waals surface area (Å²) in [6, 6.07) is 5.07. The lowest BCUT2D eigenvalue weighted by Gasteiger charge is -2.21. The molecule has 3 rings (SSSR count). The van der Waals surface area contributed by atoms with Gasteiger partial charge in [0.2, 0.25) is 0 Å². The van der Waals surface area contributed by atoms with Crippen molar-refractivity contribution in [2.45, 2.75) is 25.9 Å². The third kappa shape index (κ3) is 3.52. The number of hydrogen-bond donors (Lipinski definition) is 0. The number of rotatable bonds is 4. The second-order valence-corrected chi connectivity index (χ2v) is 7.01. The number of carbonyl (C=O) groups excluding carboxylic acids is 2. The van der Waals surface area contributed by atoms with Gasteiger partial charge in [-0.3, -0.25) is 4.79 Å². The zero-order chi connectivity index (χ0) is 18.8. The molecule has 1 atom stereocenters. The molecule has 2 aliphatic rings. The van der Waals surface area contributed by atoms with E-state index in [2.05, 4.69) is 0 Å². The Kier molecular flexibility index (Phi) is 5.70. The molecule has 1 aromatic carbocycles. The number of esters is 1. The van der Waals surface area contributed by atoms with Gasteiger partial charge in [0.25, 0.3) is 5.91 Å². The maximum Gasteiger partial charge on any atom is 0.340 e. The topological polar surface area (TPSA) is 55.8 Å². The van der Waals surface area contributed by atoms with E-state index in [9.17, 15) is 9.59 Å². The van der Waals surface area contributed by atoms with E-state index >= 15 is 0 Å². The lowest BCUT2D eigenvalue weighted by atomic mass is 10.0. The summed E-state index contributed by atoms with van der Waals surface area (Å²) in [6.45, 7) is 2.82. The van der Waals surface area contributed by atoms with Crippen molar-refractivity contribution in [2.24, 2.45) is 0 Å². The molecule has 0 aliphatic carbocycles. The molecule has 1 amide bonds. The van der Waals surface area contributed by atoms with Crippen molar-refractivity contribution < 1.29 is 19.1 Å². The lowest BCUT2D eigenvalue weighted by molar-refractivity contribution is -0.136. The fourth-order valence-corrected chi connectivity index (χ4v) is 3.74. The molecule has 1 aromatic rings. The molecular weight excluding hydrogens is 377 g/mol. The first-order valence-electron chi connectivity index (χ1n) is 8.32. The van der Waals surface area contributed by atoms with Crippen LogP contribution in [-0.2, 0) is 19.1 Å². The predicted molar refractivity (Wildman–Crippen MR) is 99.8 cm³/mol. The smallest absolute Gasteiger partial charge is 0.340 e. The van der Waals surface area contributed by atoms with Gasteiger partial charge in [-0.15, -0.1) is 0 Å². The Labute approximate surface area is 162 Å². The molecule has 0 aromatic heterocycles. The van der Waals surface area contributed by atoms with Gasteiger partial charge in [0, 0.05) is 27.9 Å². The molecule has 0 saturated carbocycles. The van der Waals surface area contributed by atoms with Gasteiger partial charge in [0.15, 0.2) is 0 Å². The molecule has 2 heterocycles. The van der Waals surface area contributed by atoms with Crippen molar-refractivity contribution in [3.05, 3.63) is 50.7 Å². The number of methoxy groups -OCH3 is 1. The predicted octanol–water partition coefficient (Wildman–Crippen LogP) is 3.85. The number of halogens is 2. The highest BCUT2D eigenvalue weighted by atomic mass is 35.5. The number of hydrogen-bond acceptors (Lipinski definition) is 4. The molecular formula is C19H19Cl2NO4. The molecule has 0 spiro atoms. The molecule has 0 N–H and O–H groups in total. The zero-order valence-electron chi connectivity index (χ0n) is 14.6. The Morgan fingerprint density at radius 1 is 1.38 bits per heavy atom. The van der Waals surface area contributed by atoms with Gasteiger partial charge < -0.3 is 14.4 Å². The van der Waals surface area contributed by atoms with Crippen molar-refractivity contribution in [3.63, 3.8) is 0 Å². The average Bonchev–Trinajstić information content (AvgIpc) is 3.20. The summed E-state index contributed by atoms with van der Waals surface area (Å²) in [7, 11) is 1.29. The lowest BCUT2D eigenvalue weighted by Crippen LogP contribution is -2.33. The molecule has 138 valence electrons. The number of amides is 1. The molecule has 2 aliphatic heterocycles. The third-order valence-electron chi connectivity index (χ3n) is 4.60. The van der Waals surface area contributed by atoms with E-state index < -0.39 is 5.97 Å².